The minimum atomic E-state index is 0.641. The summed E-state index contributed by atoms with van der Waals surface area (Å²) in [5.41, 5.74) is 8.03. The molecule has 1 aromatic heterocycles. The highest BCUT2D eigenvalue weighted by Crippen LogP contribution is 2.31. The van der Waals surface area contributed by atoms with Crippen molar-refractivity contribution in [3.63, 3.8) is 0 Å². The molecule has 0 atom stereocenters. The van der Waals surface area contributed by atoms with Gasteiger partial charge < -0.3 is 10.6 Å². The lowest BCUT2D eigenvalue weighted by molar-refractivity contribution is 0.621. The van der Waals surface area contributed by atoms with E-state index in [1.807, 2.05) is 11.7 Å². The van der Waals surface area contributed by atoms with Crippen molar-refractivity contribution in [2.45, 2.75) is 45.1 Å². The molecule has 0 aromatic carbocycles. The zero-order chi connectivity index (χ0) is 11.7. The molecular weight excluding hydrogens is 200 g/mol. The molecule has 16 heavy (non-hydrogen) atoms. The maximum atomic E-state index is 6.16. The van der Waals surface area contributed by atoms with Gasteiger partial charge in [-0.2, -0.15) is 5.10 Å². The van der Waals surface area contributed by atoms with E-state index in [1.54, 1.807) is 0 Å². The van der Waals surface area contributed by atoms with Crippen molar-refractivity contribution in [3.8, 4) is 0 Å². The number of aromatic nitrogens is 2. The lowest BCUT2D eigenvalue weighted by Crippen LogP contribution is -2.31. The predicted octanol–water partition coefficient (Wildman–Crippen LogP) is 1.94. The molecule has 1 aromatic rings. The maximum absolute atomic E-state index is 6.16. The summed E-state index contributed by atoms with van der Waals surface area (Å²) in [5.74, 6) is 1.09. The lowest BCUT2D eigenvalue weighted by Gasteiger charge is -2.26. The van der Waals surface area contributed by atoms with Crippen molar-refractivity contribution in [2.24, 2.45) is 7.05 Å². The molecule has 1 saturated carbocycles. The number of nitrogens with two attached hydrogens (primary N) is 1. The molecule has 90 valence electrons. The van der Waals surface area contributed by atoms with Crippen LogP contribution in [-0.4, -0.2) is 22.9 Å². The van der Waals surface area contributed by atoms with E-state index < -0.39 is 0 Å². The molecule has 0 bridgehead atoms. The number of nitrogens with zero attached hydrogens (tertiary/aromatic N) is 3. The number of rotatable bonds is 3. The average Bonchev–Trinajstić information content (AvgIpc) is 2.86. The summed E-state index contributed by atoms with van der Waals surface area (Å²) < 4.78 is 1.92. The summed E-state index contributed by atoms with van der Waals surface area (Å²) in [5, 5.41) is 4.47. The Morgan fingerprint density at radius 3 is 2.56 bits per heavy atom. The van der Waals surface area contributed by atoms with Crippen molar-refractivity contribution < 1.29 is 0 Å². The third kappa shape index (κ3) is 1.77. The second-order valence-electron chi connectivity index (χ2n) is 4.71. The SMILES string of the molecule is CCc1nn(C)c(N(C)C2CCCC2)c1N. The van der Waals surface area contributed by atoms with E-state index in [9.17, 15) is 0 Å². The zero-order valence-corrected chi connectivity index (χ0v) is 10.5. The Morgan fingerprint density at radius 1 is 1.44 bits per heavy atom. The highest BCUT2D eigenvalue weighted by molar-refractivity contribution is 5.66. The van der Waals surface area contributed by atoms with Gasteiger partial charge in [-0.25, -0.2) is 0 Å². The van der Waals surface area contributed by atoms with Gasteiger partial charge in [-0.3, -0.25) is 4.68 Å². The molecule has 1 aliphatic carbocycles. The normalized spacial score (nSPS) is 16.9. The second-order valence-corrected chi connectivity index (χ2v) is 4.71. The summed E-state index contributed by atoms with van der Waals surface area (Å²) in [6.45, 7) is 2.10. The summed E-state index contributed by atoms with van der Waals surface area (Å²) in [6, 6.07) is 0.641. The van der Waals surface area contributed by atoms with Gasteiger partial charge >= 0.3 is 0 Å². The van der Waals surface area contributed by atoms with Crippen LogP contribution in [0.25, 0.3) is 0 Å². The van der Waals surface area contributed by atoms with Gasteiger partial charge in [0.2, 0.25) is 0 Å². The summed E-state index contributed by atoms with van der Waals surface area (Å²) >= 11 is 0. The number of anilines is 2. The fourth-order valence-electron chi connectivity index (χ4n) is 2.73. The molecule has 0 spiro atoms. The van der Waals surface area contributed by atoms with Crippen LogP contribution in [0.5, 0.6) is 0 Å². The molecule has 1 aliphatic rings. The van der Waals surface area contributed by atoms with Gasteiger partial charge in [0.15, 0.2) is 0 Å². The quantitative estimate of drug-likeness (QED) is 0.850. The highest BCUT2D eigenvalue weighted by atomic mass is 15.4. The standard InChI is InChI=1S/C12H22N4/c1-4-10-11(13)12(16(3)14-10)15(2)9-7-5-6-8-9/h9H,4-8,13H2,1-3H3. The Kier molecular flexibility index (Phi) is 3.08. The molecule has 0 aliphatic heterocycles. The third-order valence-electron chi connectivity index (χ3n) is 3.67. The first-order valence-electron chi connectivity index (χ1n) is 6.19. The van der Waals surface area contributed by atoms with Crippen LogP contribution >= 0.6 is 0 Å². The van der Waals surface area contributed by atoms with Crippen molar-refractivity contribution in [2.75, 3.05) is 17.7 Å². The van der Waals surface area contributed by atoms with Gasteiger partial charge in [0.05, 0.1) is 11.4 Å². The Balaban J connectivity index is 2.28. The number of nitrogen functional groups attached to an aromatic ring is 1. The molecule has 0 unspecified atom stereocenters. The molecule has 0 saturated heterocycles. The summed E-state index contributed by atoms with van der Waals surface area (Å²) in [4.78, 5) is 2.31. The largest absolute Gasteiger partial charge is 0.394 e. The van der Waals surface area contributed by atoms with Crippen molar-refractivity contribution in [1.29, 1.82) is 0 Å². The minimum absolute atomic E-state index is 0.641. The van der Waals surface area contributed by atoms with E-state index in [-0.39, 0.29) is 0 Å². The summed E-state index contributed by atoms with van der Waals surface area (Å²) in [6.07, 6.45) is 6.14. The fraction of sp³-hybridized carbons (Fsp3) is 0.750. The minimum Gasteiger partial charge on any atom is -0.394 e. The monoisotopic (exact) mass is 222 g/mol. The smallest absolute Gasteiger partial charge is 0.150 e. The molecular formula is C12H22N4. The van der Waals surface area contributed by atoms with E-state index in [1.165, 1.54) is 25.7 Å². The molecule has 4 heteroatoms. The van der Waals surface area contributed by atoms with Crippen molar-refractivity contribution in [3.05, 3.63) is 5.69 Å². The van der Waals surface area contributed by atoms with Crippen LogP contribution in [0.2, 0.25) is 0 Å². The van der Waals surface area contributed by atoms with Gasteiger partial charge in [-0.15, -0.1) is 0 Å². The first kappa shape index (κ1) is 11.3. The molecule has 1 fully saturated rings. The topological polar surface area (TPSA) is 47.1 Å². The lowest BCUT2D eigenvalue weighted by atomic mass is 10.2. The Bertz CT molecular complexity index is 363. The van der Waals surface area contributed by atoms with E-state index in [4.69, 9.17) is 5.73 Å². The second kappa shape index (κ2) is 4.36. The number of aryl methyl sites for hydroxylation is 2. The van der Waals surface area contributed by atoms with Crippen LogP contribution in [0, 0.1) is 0 Å². The van der Waals surface area contributed by atoms with E-state index in [2.05, 4.69) is 24.0 Å². The molecule has 2 rings (SSSR count). The maximum Gasteiger partial charge on any atom is 0.150 e. The molecule has 4 nitrogen and oxygen atoms in total. The van der Waals surface area contributed by atoms with Crippen LogP contribution in [0.4, 0.5) is 11.5 Å². The summed E-state index contributed by atoms with van der Waals surface area (Å²) in [7, 11) is 4.12. The number of hydrogen-bond donors (Lipinski definition) is 1. The Morgan fingerprint density at radius 2 is 2.06 bits per heavy atom. The van der Waals surface area contributed by atoms with Crippen LogP contribution in [0.15, 0.2) is 0 Å². The predicted molar refractivity (Wildman–Crippen MR) is 67.7 cm³/mol. The van der Waals surface area contributed by atoms with E-state index in [0.717, 1.165) is 23.6 Å². The highest BCUT2D eigenvalue weighted by Gasteiger charge is 2.24. The van der Waals surface area contributed by atoms with E-state index >= 15 is 0 Å². The van der Waals surface area contributed by atoms with Gasteiger partial charge in [-0.05, 0) is 19.3 Å². The van der Waals surface area contributed by atoms with Crippen molar-refractivity contribution in [1.82, 2.24) is 9.78 Å². The molecule has 2 N–H and O–H groups in total. The number of hydrogen-bond acceptors (Lipinski definition) is 3. The van der Waals surface area contributed by atoms with Gasteiger partial charge in [0.25, 0.3) is 0 Å². The van der Waals surface area contributed by atoms with Crippen LogP contribution in [0.1, 0.15) is 38.3 Å². The van der Waals surface area contributed by atoms with Gasteiger partial charge in [0.1, 0.15) is 5.82 Å². The van der Waals surface area contributed by atoms with Crippen LogP contribution < -0.4 is 10.6 Å². The Hall–Kier alpha value is -1.19. The molecule has 0 amide bonds. The molecule has 1 heterocycles. The third-order valence-corrected chi connectivity index (χ3v) is 3.67. The average molecular weight is 222 g/mol. The first-order valence-corrected chi connectivity index (χ1v) is 6.19. The van der Waals surface area contributed by atoms with Crippen molar-refractivity contribution >= 4 is 11.5 Å². The Labute approximate surface area is 97.4 Å². The van der Waals surface area contributed by atoms with Crippen LogP contribution in [0.3, 0.4) is 0 Å². The van der Waals surface area contributed by atoms with E-state index in [0.29, 0.717) is 6.04 Å². The first-order chi connectivity index (χ1) is 7.65. The van der Waals surface area contributed by atoms with Crippen LogP contribution in [-0.2, 0) is 13.5 Å². The van der Waals surface area contributed by atoms with Gasteiger partial charge in [0, 0.05) is 20.1 Å². The van der Waals surface area contributed by atoms with Gasteiger partial charge in [-0.1, -0.05) is 19.8 Å². The molecule has 0 radical (unpaired) electrons. The zero-order valence-electron chi connectivity index (χ0n) is 10.5. The fourth-order valence-corrected chi connectivity index (χ4v) is 2.73.